The molecule has 0 spiro atoms. The van der Waals surface area contributed by atoms with Crippen LogP contribution in [0.1, 0.15) is 22.8 Å². The van der Waals surface area contributed by atoms with E-state index in [2.05, 4.69) is 49.5 Å². The molecule has 0 fully saturated rings. The normalized spacial score (nSPS) is 12.2. The maximum atomic E-state index is 4.63. The van der Waals surface area contributed by atoms with E-state index in [0.717, 1.165) is 44.8 Å². The third-order valence-corrected chi connectivity index (χ3v) is 4.76. The maximum absolute atomic E-state index is 4.63. The molecule has 0 aromatic carbocycles. The van der Waals surface area contributed by atoms with Gasteiger partial charge < -0.3 is 15.3 Å². The van der Waals surface area contributed by atoms with Gasteiger partial charge in [0.25, 0.3) is 0 Å². The fourth-order valence-corrected chi connectivity index (χ4v) is 3.35. The van der Waals surface area contributed by atoms with E-state index in [1.165, 1.54) is 0 Å². The quantitative estimate of drug-likeness (QED) is 0.241. The number of hydrogen-bond donors (Lipinski definition) is 3. The van der Waals surface area contributed by atoms with Crippen LogP contribution in [0.3, 0.4) is 0 Å². The molecule has 3 aliphatic heterocycles. The van der Waals surface area contributed by atoms with Gasteiger partial charge in [0.05, 0.1) is 31.2 Å². The Morgan fingerprint density at radius 3 is 1.15 bits per heavy atom. The number of hydrogen-bond acceptors (Lipinski definition) is 3. The number of aromatic amines is 2. The Balaban J connectivity index is 0.000000357. The molecule has 0 aliphatic carbocycles. The van der Waals surface area contributed by atoms with E-state index >= 15 is 0 Å². The molecule has 0 atom stereocenters. The van der Waals surface area contributed by atoms with Crippen molar-refractivity contribution in [3.8, 4) is 0 Å². The molecule has 5 nitrogen and oxygen atoms in total. The molecule has 172 valence electrons. The molecular formula is C26H24BFN5Rh. The van der Waals surface area contributed by atoms with Crippen LogP contribution in [0.5, 0.6) is 0 Å². The van der Waals surface area contributed by atoms with Crippen LogP contribution in [-0.4, -0.2) is 28.3 Å². The summed E-state index contributed by atoms with van der Waals surface area (Å²) in [5.41, 5.74) is 7.86. The zero-order chi connectivity index (χ0) is 20.9. The Hall–Kier alpha value is -3.76. The number of nitrogens with one attached hydrogen (secondary N) is 3. The molecule has 8 bridgehead atoms. The molecule has 3 N–H and O–H groups in total. The number of fused-ring (bicyclic) bond motifs is 8. The van der Waals surface area contributed by atoms with Crippen molar-refractivity contribution in [3.63, 3.8) is 0 Å². The van der Waals surface area contributed by atoms with Crippen molar-refractivity contribution in [1.82, 2.24) is 25.3 Å². The third-order valence-electron chi connectivity index (χ3n) is 4.76. The van der Waals surface area contributed by atoms with Gasteiger partial charge in [0.1, 0.15) is 0 Å². The fraction of sp³-hybridized carbons (Fsp3) is 0. The monoisotopic (exact) mass is 539 g/mol. The first-order chi connectivity index (χ1) is 15.3. The van der Waals surface area contributed by atoms with Gasteiger partial charge in [-0.2, -0.15) is 0 Å². The second kappa shape index (κ2) is 12.5. The average Bonchev–Trinajstić information content (AvgIpc) is 3.53. The van der Waals surface area contributed by atoms with E-state index in [0.29, 0.717) is 0 Å². The summed E-state index contributed by atoms with van der Waals surface area (Å²) in [6.07, 6.45) is 19.7. The molecule has 3 aromatic heterocycles. The SMILES string of the molecule is B.C1=CC=CNC=C1.C1=Cc2cc3ccc(cc4nc(cc5ccc(cc1n2)[nH]5)C=C4)[nH]3.[F].[Rh]. The van der Waals surface area contributed by atoms with Crippen molar-refractivity contribution in [2.45, 2.75) is 0 Å². The van der Waals surface area contributed by atoms with Gasteiger partial charge in [0.15, 0.2) is 0 Å². The summed E-state index contributed by atoms with van der Waals surface area (Å²) in [6, 6.07) is 16.4. The van der Waals surface area contributed by atoms with Crippen LogP contribution in [0, 0.1) is 0 Å². The van der Waals surface area contributed by atoms with E-state index in [4.69, 9.17) is 0 Å². The summed E-state index contributed by atoms with van der Waals surface area (Å²) in [4.78, 5) is 16.0. The van der Waals surface area contributed by atoms with Gasteiger partial charge in [-0.15, -0.1) is 0 Å². The topological polar surface area (TPSA) is 69.4 Å². The second-order valence-corrected chi connectivity index (χ2v) is 7.17. The molecule has 8 heteroatoms. The molecule has 2 radical (unpaired) electrons. The summed E-state index contributed by atoms with van der Waals surface area (Å²) in [6.45, 7) is 0. The fourth-order valence-electron chi connectivity index (χ4n) is 3.35. The molecule has 6 rings (SSSR count). The van der Waals surface area contributed by atoms with Crippen molar-refractivity contribution >= 4 is 54.8 Å². The van der Waals surface area contributed by atoms with Crippen molar-refractivity contribution in [1.29, 1.82) is 0 Å². The number of rotatable bonds is 0. The average molecular weight is 539 g/mol. The van der Waals surface area contributed by atoms with Crippen molar-refractivity contribution in [2.75, 3.05) is 0 Å². The maximum Gasteiger partial charge on any atom is 0.0814 e. The summed E-state index contributed by atoms with van der Waals surface area (Å²) >= 11 is 0. The van der Waals surface area contributed by atoms with Crippen LogP contribution in [-0.2, 0) is 19.5 Å². The number of halogens is 1. The smallest absolute Gasteiger partial charge is 0.0814 e. The molecule has 3 aliphatic rings. The van der Waals surface area contributed by atoms with Gasteiger partial charge in [0.2, 0.25) is 0 Å². The number of allylic oxidation sites excluding steroid dienone is 4. The Labute approximate surface area is 211 Å². The third kappa shape index (κ3) is 6.87. The molecule has 0 saturated heterocycles. The molecule has 6 heterocycles. The summed E-state index contributed by atoms with van der Waals surface area (Å²) in [5.74, 6) is 0. The van der Waals surface area contributed by atoms with Gasteiger partial charge in [0, 0.05) is 58.6 Å². The van der Waals surface area contributed by atoms with E-state index < -0.39 is 0 Å². The van der Waals surface area contributed by atoms with Crippen LogP contribution in [0.2, 0.25) is 0 Å². The van der Waals surface area contributed by atoms with Gasteiger partial charge >= 0.3 is 0 Å². The van der Waals surface area contributed by atoms with Crippen molar-refractivity contribution in [2.24, 2.45) is 0 Å². The minimum absolute atomic E-state index is 0. The zero-order valence-electron chi connectivity index (χ0n) is 17.5. The van der Waals surface area contributed by atoms with Crippen LogP contribution >= 0.6 is 0 Å². The van der Waals surface area contributed by atoms with Crippen molar-refractivity contribution in [3.05, 3.63) is 108 Å². The van der Waals surface area contributed by atoms with Crippen LogP contribution in [0.25, 0.3) is 46.4 Å². The minimum atomic E-state index is 0. The Kier molecular flexibility index (Phi) is 9.72. The molecule has 3 aromatic rings. The first kappa shape index (κ1) is 26.5. The first-order valence-electron chi connectivity index (χ1n) is 10.1. The van der Waals surface area contributed by atoms with E-state index in [1.54, 1.807) is 0 Å². The molecule has 0 amide bonds. The molecule has 0 unspecified atom stereocenters. The summed E-state index contributed by atoms with van der Waals surface area (Å²) in [7, 11) is 0. The van der Waals surface area contributed by atoms with Crippen LogP contribution in [0.15, 0.2) is 85.2 Å². The predicted molar refractivity (Wildman–Crippen MR) is 140 cm³/mol. The standard InChI is InChI=1S/C20H14N4.C6H7N.BH3.F.Rh/c1-2-14-10-16-5-6-18(23-16)12-20-8-7-19(24-20)11-17-4-3-15(22-17)9-13(1)21-14;1-2-4-6-7-5-3-1;;;/h1-12,21,24H;1-7H;1H3;;. The Morgan fingerprint density at radius 2 is 0.824 bits per heavy atom. The Bertz CT molecular complexity index is 1240. The van der Waals surface area contributed by atoms with Gasteiger partial charge in [-0.3, -0.25) is 0 Å². The minimum Gasteiger partial charge on any atom is -0.368 e. The number of H-pyrrole nitrogens is 2. The van der Waals surface area contributed by atoms with E-state index in [-0.39, 0.29) is 32.6 Å². The van der Waals surface area contributed by atoms with Crippen molar-refractivity contribution < 1.29 is 24.2 Å². The van der Waals surface area contributed by atoms with Crippen LogP contribution in [0.4, 0.5) is 4.70 Å². The first-order valence-corrected chi connectivity index (χ1v) is 10.1. The Morgan fingerprint density at radius 1 is 0.500 bits per heavy atom. The molecule has 34 heavy (non-hydrogen) atoms. The number of aromatic nitrogens is 4. The zero-order valence-corrected chi connectivity index (χ0v) is 19.1. The van der Waals surface area contributed by atoms with E-state index in [9.17, 15) is 0 Å². The second-order valence-electron chi connectivity index (χ2n) is 7.17. The molecule has 0 saturated carbocycles. The largest absolute Gasteiger partial charge is 0.368 e. The predicted octanol–water partition coefficient (Wildman–Crippen LogP) is 5.06. The van der Waals surface area contributed by atoms with Gasteiger partial charge in [-0.05, 0) is 85.0 Å². The number of nitrogens with zero attached hydrogens (tertiary/aromatic N) is 2. The summed E-state index contributed by atoms with van der Waals surface area (Å²) in [5, 5.41) is 2.92. The van der Waals surface area contributed by atoms with Crippen LogP contribution < -0.4 is 5.32 Å². The van der Waals surface area contributed by atoms with Gasteiger partial charge in [-0.1, -0.05) is 12.2 Å². The van der Waals surface area contributed by atoms with Gasteiger partial charge in [-0.25, -0.2) is 9.97 Å². The van der Waals surface area contributed by atoms with E-state index in [1.807, 2.05) is 85.3 Å². The molecular weight excluding hydrogens is 515 g/mol. The summed E-state index contributed by atoms with van der Waals surface area (Å²) < 4.78 is 0.